The molecule has 0 bridgehead atoms. The van der Waals surface area contributed by atoms with Gasteiger partial charge in [-0.3, -0.25) is 9.78 Å². The highest BCUT2D eigenvalue weighted by Gasteiger charge is 2.53. The monoisotopic (exact) mass is 454 g/mol. The largest absolute Gasteiger partial charge is 0.456 e. The summed E-state index contributed by atoms with van der Waals surface area (Å²) in [5.41, 5.74) is 0.733. The summed E-state index contributed by atoms with van der Waals surface area (Å²) in [4.78, 5) is 37.5. The Morgan fingerprint density at radius 1 is 1.24 bits per heavy atom. The number of esters is 1. The van der Waals surface area contributed by atoms with Crippen LogP contribution in [0.4, 0.5) is 0 Å². The summed E-state index contributed by atoms with van der Waals surface area (Å²) in [6, 6.07) is 0.0874. The topological polar surface area (TPSA) is 139 Å². The summed E-state index contributed by atoms with van der Waals surface area (Å²) >= 11 is 0. The number of ether oxygens (including phenoxy) is 1. The highest BCUT2D eigenvalue weighted by atomic mass is 16.5. The summed E-state index contributed by atoms with van der Waals surface area (Å²) in [6.45, 7) is 4.06. The third-order valence-corrected chi connectivity index (χ3v) is 6.92. The average Bonchev–Trinajstić information content (AvgIpc) is 3.56. The number of piperidine rings is 1. The molecule has 33 heavy (non-hydrogen) atoms. The first-order chi connectivity index (χ1) is 16.0. The fourth-order valence-electron chi connectivity index (χ4n) is 5.05. The van der Waals surface area contributed by atoms with Crippen LogP contribution in [0.3, 0.4) is 0 Å². The quantitative estimate of drug-likeness (QED) is 0.594. The van der Waals surface area contributed by atoms with Crippen molar-refractivity contribution in [2.24, 2.45) is 5.41 Å². The molecule has 3 aliphatic rings. The minimum Gasteiger partial charge on any atom is -0.456 e. The Morgan fingerprint density at radius 3 is 2.67 bits per heavy atom. The Hall–Kier alpha value is -3.25. The smallest absolute Gasteiger partial charge is 0.333 e. The van der Waals surface area contributed by atoms with Crippen LogP contribution in [0.2, 0.25) is 0 Å². The SMILES string of the molecule is CCC1CC2(CCN(C[C@H](O)c3cnc(-n4cnnn4)cn3)CC2)C(=O)N1C1=CC(=O)OC1. The second-order valence-electron chi connectivity index (χ2n) is 8.84. The fraction of sp³-hybridized carbons (Fsp3) is 0.571. The van der Waals surface area contributed by atoms with Crippen molar-refractivity contribution >= 4 is 11.9 Å². The number of tetrazole rings is 1. The number of aromatic nitrogens is 6. The molecule has 2 atom stereocenters. The Balaban J connectivity index is 1.20. The van der Waals surface area contributed by atoms with E-state index in [9.17, 15) is 14.7 Å². The van der Waals surface area contributed by atoms with Gasteiger partial charge in [0, 0.05) is 18.7 Å². The van der Waals surface area contributed by atoms with Gasteiger partial charge in [-0.1, -0.05) is 6.92 Å². The summed E-state index contributed by atoms with van der Waals surface area (Å²) in [7, 11) is 0. The van der Waals surface area contributed by atoms with Crippen molar-refractivity contribution < 1.29 is 19.4 Å². The molecule has 1 amide bonds. The van der Waals surface area contributed by atoms with Gasteiger partial charge in [0.1, 0.15) is 19.0 Å². The first-order valence-electron chi connectivity index (χ1n) is 11.2. The van der Waals surface area contributed by atoms with E-state index in [1.807, 2.05) is 0 Å². The Morgan fingerprint density at radius 2 is 2.06 bits per heavy atom. The molecule has 0 aromatic carbocycles. The second-order valence-corrected chi connectivity index (χ2v) is 8.84. The lowest BCUT2D eigenvalue weighted by Crippen LogP contribution is -2.45. The van der Waals surface area contributed by atoms with Crippen molar-refractivity contribution in [3.05, 3.63) is 36.2 Å². The van der Waals surface area contributed by atoms with E-state index in [1.165, 1.54) is 29.5 Å². The normalized spacial score (nSPS) is 23.8. The zero-order chi connectivity index (χ0) is 23.0. The van der Waals surface area contributed by atoms with Crippen LogP contribution >= 0.6 is 0 Å². The lowest BCUT2D eigenvalue weighted by atomic mass is 9.75. The number of cyclic esters (lactones) is 1. The first-order valence-corrected chi connectivity index (χ1v) is 11.2. The van der Waals surface area contributed by atoms with Crippen molar-refractivity contribution in [2.45, 2.75) is 44.8 Å². The molecule has 2 aromatic rings. The van der Waals surface area contributed by atoms with Crippen LogP contribution < -0.4 is 0 Å². The molecule has 174 valence electrons. The van der Waals surface area contributed by atoms with Crippen LogP contribution in [-0.2, 0) is 14.3 Å². The Bertz CT molecular complexity index is 1050. The molecule has 12 heteroatoms. The summed E-state index contributed by atoms with van der Waals surface area (Å²) in [5.74, 6) is 0.185. The van der Waals surface area contributed by atoms with Gasteiger partial charge in [0.15, 0.2) is 5.82 Å². The van der Waals surface area contributed by atoms with Crippen molar-refractivity contribution in [3.63, 3.8) is 0 Å². The van der Waals surface area contributed by atoms with E-state index in [4.69, 9.17) is 4.74 Å². The van der Waals surface area contributed by atoms with Gasteiger partial charge in [0.05, 0.1) is 29.2 Å². The molecule has 2 fully saturated rings. The number of rotatable bonds is 6. The van der Waals surface area contributed by atoms with Crippen LogP contribution in [0.25, 0.3) is 5.82 Å². The number of carbonyl (C=O) groups is 2. The molecular weight excluding hydrogens is 428 g/mol. The molecule has 0 aliphatic carbocycles. The van der Waals surface area contributed by atoms with Gasteiger partial charge < -0.3 is 19.6 Å². The maximum absolute atomic E-state index is 13.4. The van der Waals surface area contributed by atoms with Crippen molar-refractivity contribution in [3.8, 4) is 5.82 Å². The molecule has 1 unspecified atom stereocenters. The van der Waals surface area contributed by atoms with Crippen molar-refractivity contribution in [1.82, 2.24) is 40.0 Å². The lowest BCUT2D eigenvalue weighted by Gasteiger charge is -2.38. The number of aliphatic hydroxyl groups is 1. The third kappa shape index (κ3) is 4.00. The van der Waals surface area contributed by atoms with E-state index in [-0.39, 0.29) is 24.5 Å². The lowest BCUT2D eigenvalue weighted by molar-refractivity contribution is -0.139. The van der Waals surface area contributed by atoms with Gasteiger partial charge >= 0.3 is 5.97 Å². The van der Waals surface area contributed by atoms with E-state index >= 15 is 0 Å². The number of nitrogens with zero attached hydrogens (tertiary/aromatic N) is 8. The zero-order valence-corrected chi connectivity index (χ0v) is 18.4. The number of β-amino-alcohol motifs (C(OH)–C–C–N with tert-alkyl or cyclic N) is 1. The van der Waals surface area contributed by atoms with Crippen LogP contribution in [0, 0.1) is 5.41 Å². The number of carbonyl (C=O) groups excluding carboxylic acids is 2. The third-order valence-electron chi connectivity index (χ3n) is 6.92. The molecular formula is C21H26N8O4. The minimum atomic E-state index is -0.791. The molecule has 12 nitrogen and oxygen atoms in total. The molecule has 2 saturated heterocycles. The fourth-order valence-corrected chi connectivity index (χ4v) is 5.05. The Kier molecular flexibility index (Phi) is 5.62. The summed E-state index contributed by atoms with van der Waals surface area (Å²) in [5, 5.41) is 21.6. The van der Waals surface area contributed by atoms with Gasteiger partial charge in [-0.15, -0.1) is 5.10 Å². The predicted molar refractivity (Wildman–Crippen MR) is 112 cm³/mol. The molecule has 3 aliphatic heterocycles. The van der Waals surface area contributed by atoms with E-state index in [1.54, 1.807) is 4.90 Å². The molecule has 5 rings (SSSR count). The number of likely N-dealkylation sites (tertiary alicyclic amines) is 2. The van der Waals surface area contributed by atoms with Gasteiger partial charge in [-0.05, 0) is 49.2 Å². The first kappa shape index (κ1) is 21.6. The Labute approximate surface area is 190 Å². The van der Waals surface area contributed by atoms with Crippen molar-refractivity contribution in [1.29, 1.82) is 0 Å². The number of hydrogen-bond donors (Lipinski definition) is 1. The second kappa shape index (κ2) is 8.60. The minimum absolute atomic E-state index is 0.0874. The highest BCUT2D eigenvalue weighted by Crippen LogP contribution is 2.47. The standard InChI is InChI=1S/C21H26N8O4/c1-2-14-8-21(20(32)29(14)15-7-19(31)33-12-15)3-5-27(6-4-21)11-17(30)16-9-23-18(10-22-16)28-13-24-25-26-28/h7,9-10,13-14,17,30H,2-6,8,11-12H2,1H3/t14?,17-/m0/s1. The molecule has 1 N–H and O–H groups in total. The predicted octanol–water partition coefficient (Wildman–Crippen LogP) is 0.0195. The molecule has 0 radical (unpaired) electrons. The molecule has 0 saturated carbocycles. The van der Waals surface area contributed by atoms with E-state index in [0.717, 1.165) is 25.7 Å². The van der Waals surface area contributed by atoms with Gasteiger partial charge in [0.2, 0.25) is 5.91 Å². The van der Waals surface area contributed by atoms with E-state index < -0.39 is 11.5 Å². The van der Waals surface area contributed by atoms with Crippen LogP contribution in [0.1, 0.15) is 44.4 Å². The average molecular weight is 454 g/mol. The number of aliphatic hydroxyl groups excluding tert-OH is 1. The maximum atomic E-state index is 13.4. The van der Waals surface area contributed by atoms with Gasteiger partial charge in [0.25, 0.3) is 0 Å². The van der Waals surface area contributed by atoms with E-state index in [2.05, 4.69) is 37.3 Å². The molecule has 2 aromatic heterocycles. The highest BCUT2D eigenvalue weighted by molar-refractivity contribution is 5.91. The number of amides is 1. The van der Waals surface area contributed by atoms with Crippen LogP contribution in [0.5, 0.6) is 0 Å². The van der Waals surface area contributed by atoms with Crippen LogP contribution in [0.15, 0.2) is 30.5 Å². The zero-order valence-electron chi connectivity index (χ0n) is 18.4. The maximum Gasteiger partial charge on any atom is 0.333 e. The summed E-state index contributed by atoms with van der Waals surface area (Å²) < 4.78 is 6.43. The molecule has 1 spiro atoms. The van der Waals surface area contributed by atoms with Gasteiger partial charge in [-0.25, -0.2) is 9.78 Å². The number of hydrogen-bond acceptors (Lipinski definition) is 10. The van der Waals surface area contributed by atoms with Gasteiger partial charge in [-0.2, -0.15) is 4.68 Å². The molecule has 5 heterocycles. The van der Waals surface area contributed by atoms with Crippen molar-refractivity contribution in [2.75, 3.05) is 26.2 Å². The van der Waals surface area contributed by atoms with E-state index in [0.29, 0.717) is 36.8 Å². The van der Waals surface area contributed by atoms with Crippen LogP contribution in [-0.4, -0.2) is 89.2 Å². The summed E-state index contributed by atoms with van der Waals surface area (Å²) in [6.07, 6.45) is 8.17.